The smallest absolute Gasteiger partial charge is 0.0951 e. The third kappa shape index (κ3) is 1.90. The Labute approximate surface area is 104 Å². The maximum atomic E-state index is 4.39. The van der Waals surface area contributed by atoms with Gasteiger partial charge in [-0.25, -0.2) is 4.98 Å². The molecule has 0 aromatic carbocycles. The molecule has 3 unspecified atom stereocenters. The molecule has 1 aromatic rings. The summed E-state index contributed by atoms with van der Waals surface area (Å²) in [4.78, 5) is 4.39. The second-order valence-electron chi connectivity index (χ2n) is 5.86. The molecule has 3 nitrogen and oxygen atoms in total. The first-order chi connectivity index (χ1) is 8.27. The Hall–Kier alpha value is -0.830. The van der Waals surface area contributed by atoms with Crippen LogP contribution in [-0.4, -0.2) is 16.1 Å². The molecule has 3 rings (SSSR count). The lowest BCUT2D eigenvalue weighted by Gasteiger charge is -2.24. The minimum atomic E-state index is 0.542. The van der Waals surface area contributed by atoms with Crippen molar-refractivity contribution >= 4 is 0 Å². The molecule has 2 heterocycles. The summed E-state index contributed by atoms with van der Waals surface area (Å²) in [5.41, 5.74) is 1.41. The van der Waals surface area contributed by atoms with Crippen LogP contribution in [0.25, 0.3) is 0 Å². The minimum absolute atomic E-state index is 0.542. The Balaban J connectivity index is 1.85. The highest BCUT2D eigenvalue weighted by Crippen LogP contribution is 2.41. The van der Waals surface area contributed by atoms with Crippen LogP contribution in [0.1, 0.15) is 57.3 Å². The Morgan fingerprint density at radius 1 is 1.29 bits per heavy atom. The number of nitrogens with one attached hydrogen (secondary N) is 1. The second kappa shape index (κ2) is 4.45. The van der Waals surface area contributed by atoms with Gasteiger partial charge in [-0.05, 0) is 44.1 Å². The molecular formula is C14H23N3. The molecule has 1 saturated heterocycles. The molecular weight excluding hydrogens is 210 g/mol. The van der Waals surface area contributed by atoms with Gasteiger partial charge in [0.1, 0.15) is 0 Å². The lowest BCUT2D eigenvalue weighted by molar-refractivity contribution is 0.340. The number of aromatic nitrogens is 2. The van der Waals surface area contributed by atoms with Gasteiger partial charge in [0.15, 0.2) is 0 Å². The van der Waals surface area contributed by atoms with Gasteiger partial charge in [-0.1, -0.05) is 13.8 Å². The van der Waals surface area contributed by atoms with Gasteiger partial charge >= 0.3 is 0 Å². The van der Waals surface area contributed by atoms with Crippen molar-refractivity contribution in [3.8, 4) is 0 Å². The van der Waals surface area contributed by atoms with E-state index in [1.54, 1.807) is 0 Å². The van der Waals surface area contributed by atoms with Crippen LogP contribution in [0, 0.1) is 11.8 Å². The summed E-state index contributed by atoms with van der Waals surface area (Å²) in [6, 6.07) is 1.21. The predicted molar refractivity (Wildman–Crippen MR) is 68.8 cm³/mol. The first kappa shape index (κ1) is 11.3. The maximum Gasteiger partial charge on any atom is 0.0951 e. The molecule has 2 fully saturated rings. The Morgan fingerprint density at radius 3 is 2.82 bits per heavy atom. The fraction of sp³-hybridized carbons (Fsp3) is 0.786. The summed E-state index contributed by atoms with van der Waals surface area (Å²) >= 11 is 0. The highest BCUT2D eigenvalue weighted by Gasteiger charge is 2.33. The molecule has 2 aliphatic rings. The van der Waals surface area contributed by atoms with Gasteiger partial charge in [-0.2, -0.15) is 0 Å². The third-order valence-electron chi connectivity index (χ3n) is 4.89. The fourth-order valence-electron chi connectivity index (χ4n) is 3.53. The van der Waals surface area contributed by atoms with Crippen LogP contribution in [0.15, 0.2) is 12.5 Å². The SMILES string of the molecule is CC1CCC(n2cncc2[C@@H]2CCCN2)C1C. The zero-order chi connectivity index (χ0) is 11.8. The van der Waals surface area contributed by atoms with Gasteiger partial charge < -0.3 is 9.88 Å². The quantitative estimate of drug-likeness (QED) is 0.851. The van der Waals surface area contributed by atoms with Crippen LogP contribution in [0.4, 0.5) is 0 Å². The molecule has 17 heavy (non-hydrogen) atoms. The van der Waals surface area contributed by atoms with Crippen LogP contribution in [0.3, 0.4) is 0 Å². The lowest BCUT2D eigenvalue weighted by Crippen LogP contribution is -2.21. The third-order valence-corrected chi connectivity index (χ3v) is 4.89. The zero-order valence-corrected chi connectivity index (χ0v) is 10.9. The molecule has 0 amide bonds. The van der Waals surface area contributed by atoms with Gasteiger partial charge in [0.25, 0.3) is 0 Å². The van der Waals surface area contributed by atoms with Crippen LogP contribution in [0.5, 0.6) is 0 Å². The average molecular weight is 233 g/mol. The van der Waals surface area contributed by atoms with E-state index in [1.807, 2.05) is 0 Å². The van der Waals surface area contributed by atoms with Crippen molar-refractivity contribution in [2.24, 2.45) is 11.8 Å². The lowest BCUT2D eigenvalue weighted by atomic mass is 9.97. The fourth-order valence-corrected chi connectivity index (χ4v) is 3.53. The highest BCUT2D eigenvalue weighted by atomic mass is 15.1. The molecule has 1 saturated carbocycles. The van der Waals surface area contributed by atoms with Crippen LogP contribution >= 0.6 is 0 Å². The van der Waals surface area contributed by atoms with Crippen molar-refractivity contribution in [2.45, 2.75) is 51.6 Å². The van der Waals surface area contributed by atoms with Crippen LogP contribution in [0.2, 0.25) is 0 Å². The van der Waals surface area contributed by atoms with Crippen molar-refractivity contribution in [2.75, 3.05) is 6.54 Å². The van der Waals surface area contributed by atoms with E-state index in [9.17, 15) is 0 Å². The van der Waals surface area contributed by atoms with Crippen molar-refractivity contribution in [1.82, 2.24) is 14.9 Å². The maximum absolute atomic E-state index is 4.39. The van der Waals surface area contributed by atoms with E-state index in [-0.39, 0.29) is 0 Å². The van der Waals surface area contributed by atoms with Crippen LogP contribution in [-0.2, 0) is 0 Å². The number of hydrogen-bond donors (Lipinski definition) is 1. The van der Waals surface area contributed by atoms with Crippen molar-refractivity contribution in [3.05, 3.63) is 18.2 Å². The number of hydrogen-bond acceptors (Lipinski definition) is 2. The normalized spacial score (nSPS) is 37.8. The van der Waals surface area contributed by atoms with E-state index in [2.05, 4.69) is 41.2 Å². The minimum Gasteiger partial charge on any atom is -0.330 e. The molecule has 1 aliphatic carbocycles. The summed E-state index contributed by atoms with van der Waals surface area (Å²) < 4.78 is 2.46. The Bertz CT molecular complexity index is 379. The number of nitrogens with zero attached hydrogens (tertiary/aromatic N) is 2. The summed E-state index contributed by atoms with van der Waals surface area (Å²) in [6.45, 7) is 5.94. The van der Waals surface area contributed by atoms with Gasteiger partial charge in [0, 0.05) is 18.3 Å². The molecule has 3 heteroatoms. The summed E-state index contributed by atoms with van der Waals surface area (Å²) in [5, 5.41) is 3.59. The standard InChI is InChI=1S/C14H23N3/c1-10-5-6-13(11(10)2)17-9-15-8-14(17)12-4-3-7-16-12/h8-13,16H,3-7H2,1-2H3/t10?,11?,12-,13?/m0/s1. The summed E-state index contributed by atoms with van der Waals surface area (Å²) in [6.07, 6.45) is 9.36. The van der Waals surface area contributed by atoms with E-state index >= 15 is 0 Å². The van der Waals surface area contributed by atoms with E-state index in [1.165, 1.54) is 31.4 Å². The summed E-state index contributed by atoms with van der Waals surface area (Å²) in [7, 11) is 0. The van der Waals surface area contributed by atoms with Crippen molar-refractivity contribution < 1.29 is 0 Å². The molecule has 1 N–H and O–H groups in total. The van der Waals surface area contributed by atoms with Gasteiger partial charge in [0.2, 0.25) is 0 Å². The molecule has 94 valence electrons. The Kier molecular flexibility index (Phi) is 2.95. The Morgan fingerprint density at radius 2 is 2.18 bits per heavy atom. The zero-order valence-electron chi connectivity index (χ0n) is 10.9. The first-order valence-electron chi connectivity index (χ1n) is 7.02. The number of rotatable bonds is 2. The monoisotopic (exact) mass is 233 g/mol. The molecule has 0 radical (unpaired) electrons. The molecule has 1 aromatic heterocycles. The molecule has 1 aliphatic heterocycles. The largest absolute Gasteiger partial charge is 0.330 e. The van der Waals surface area contributed by atoms with E-state index < -0.39 is 0 Å². The van der Waals surface area contributed by atoms with Crippen molar-refractivity contribution in [1.29, 1.82) is 0 Å². The van der Waals surface area contributed by atoms with Gasteiger partial charge in [-0.15, -0.1) is 0 Å². The molecule has 0 bridgehead atoms. The second-order valence-corrected chi connectivity index (χ2v) is 5.86. The van der Waals surface area contributed by atoms with E-state index in [4.69, 9.17) is 0 Å². The van der Waals surface area contributed by atoms with E-state index in [0.717, 1.165) is 18.4 Å². The predicted octanol–water partition coefficient (Wildman–Crippen LogP) is 2.91. The topological polar surface area (TPSA) is 29.9 Å². The van der Waals surface area contributed by atoms with Crippen molar-refractivity contribution in [3.63, 3.8) is 0 Å². The number of imidazole rings is 1. The average Bonchev–Trinajstić information content (AvgIpc) is 3.01. The molecule has 4 atom stereocenters. The highest BCUT2D eigenvalue weighted by molar-refractivity contribution is 5.09. The van der Waals surface area contributed by atoms with Crippen LogP contribution < -0.4 is 5.32 Å². The van der Waals surface area contributed by atoms with Gasteiger partial charge in [0.05, 0.1) is 12.0 Å². The van der Waals surface area contributed by atoms with E-state index in [0.29, 0.717) is 12.1 Å². The van der Waals surface area contributed by atoms with Gasteiger partial charge in [-0.3, -0.25) is 0 Å². The summed E-state index contributed by atoms with van der Waals surface area (Å²) in [5.74, 6) is 1.64. The molecule has 0 spiro atoms. The first-order valence-corrected chi connectivity index (χ1v) is 7.02.